The predicted octanol–water partition coefficient (Wildman–Crippen LogP) is 13.3. The third-order valence-electron chi connectivity index (χ3n) is 10.4. The van der Waals surface area contributed by atoms with E-state index in [0.717, 1.165) is 12.8 Å². The van der Waals surface area contributed by atoms with E-state index in [1.54, 1.807) is 0 Å². The van der Waals surface area contributed by atoms with Crippen LogP contribution in [0, 0.1) is 0 Å². The fourth-order valence-electron chi connectivity index (χ4n) is 8.27. The molecule has 1 nitrogen and oxygen atoms in total. The van der Waals surface area contributed by atoms with E-state index in [9.17, 15) is 0 Å². The maximum Gasteiger partial charge on any atom is 0.0541 e. The second-order valence-corrected chi connectivity index (χ2v) is 13.1. The number of nitrogens with zero attached hydrogens (tertiary/aromatic N) is 1. The third-order valence-corrected chi connectivity index (χ3v) is 10.4. The molecule has 0 spiro atoms. The molecule has 0 aliphatic heterocycles. The van der Waals surface area contributed by atoms with Crippen LogP contribution in [0.25, 0.3) is 87.6 Å². The lowest BCUT2D eigenvalue weighted by Gasteiger charge is -2.23. The van der Waals surface area contributed by atoms with Crippen molar-refractivity contribution in [2.24, 2.45) is 0 Å². The predicted molar refractivity (Wildman–Crippen MR) is 211 cm³/mol. The molecule has 0 radical (unpaired) electrons. The molecular formula is C48H33N. The van der Waals surface area contributed by atoms with Gasteiger partial charge in [0.15, 0.2) is 0 Å². The van der Waals surface area contributed by atoms with E-state index in [4.69, 9.17) is 0 Å². The Morgan fingerprint density at radius 2 is 1.00 bits per heavy atom. The molecule has 9 aromatic rings. The molecular weight excluding hydrogens is 591 g/mol. The van der Waals surface area contributed by atoms with Crippen LogP contribution in [0.15, 0.2) is 176 Å². The minimum Gasteiger partial charge on any atom is -0.309 e. The van der Waals surface area contributed by atoms with E-state index >= 15 is 0 Å². The van der Waals surface area contributed by atoms with E-state index in [2.05, 4.69) is 181 Å². The molecule has 0 fully saturated rings. The SMILES string of the molecule is C1=CC(c2cc(-c3ccccc3)c3c4ccccc4c4cc(-n5c6ccccc6c6ccccc65)ccc4c3c2-c2ccccc2)=CCC1. The van der Waals surface area contributed by atoms with Crippen molar-refractivity contribution in [3.8, 4) is 27.9 Å². The Balaban J connectivity index is 1.41. The van der Waals surface area contributed by atoms with Crippen LogP contribution in [-0.2, 0) is 0 Å². The minimum absolute atomic E-state index is 1.05. The first-order valence-corrected chi connectivity index (χ1v) is 17.3. The number of hydrogen-bond acceptors (Lipinski definition) is 0. The average Bonchev–Trinajstić information content (AvgIpc) is 3.52. The molecule has 0 amide bonds. The van der Waals surface area contributed by atoms with Crippen LogP contribution in [-0.4, -0.2) is 4.57 Å². The molecule has 1 aromatic heterocycles. The zero-order valence-electron chi connectivity index (χ0n) is 27.1. The number of benzene rings is 8. The molecule has 230 valence electrons. The molecule has 0 saturated heterocycles. The lowest BCUT2D eigenvalue weighted by Crippen LogP contribution is -1.98. The zero-order valence-corrected chi connectivity index (χ0v) is 27.1. The summed E-state index contributed by atoms with van der Waals surface area (Å²) < 4.78 is 2.44. The lowest BCUT2D eigenvalue weighted by molar-refractivity contribution is 1.04. The third kappa shape index (κ3) is 4.33. The van der Waals surface area contributed by atoms with Gasteiger partial charge >= 0.3 is 0 Å². The Kier molecular flexibility index (Phi) is 6.38. The zero-order chi connectivity index (χ0) is 32.3. The Bertz CT molecular complexity index is 2740. The van der Waals surface area contributed by atoms with Gasteiger partial charge in [-0.2, -0.15) is 0 Å². The molecule has 0 unspecified atom stereocenters. The molecule has 8 aromatic carbocycles. The van der Waals surface area contributed by atoms with Crippen LogP contribution in [0.1, 0.15) is 18.4 Å². The molecule has 1 aliphatic rings. The highest BCUT2D eigenvalue weighted by molar-refractivity contribution is 6.32. The number of hydrogen-bond donors (Lipinski definition) is 0. The van der Waals surface area contributed by atoms with Crippen LogP contribution in [0.3, 0.4) is 0 Å². The van der Waals surface area contributed by atoms with Crippen LogP contribution >= 0.6 is 0 Å². The largest absolute Gasteiger partial charge is 0.309 e. The fourth-order valence-corrected chi connectivity index (χ4v) is 8.27. The van der Waals surface area contributed by atoms with Gasteiger partial charge in [0, 0.05) is 16.5 Å². The van der Waals surface area contributed by atoms with Crippen LogP contribution < -0.4 is 0 Å². The first-order chi connectivity index (χ1) is 24.3. The summed E-state index contributed by atoms with van der Waals surface area (Å²) in [6.07, 6.45) is 9.22. The van der Waals surface area contributed by atoms with Gasteiger partial charge in [-0.15, -0.1) is 0 Å². The van der Waals surface area contributed by atoms with Gasteiger partial charge in [0.25, 0.3) is 0 Å². The second kappa shape index (κ2) is 11.2. The summed E-state index contributed by atoms with van der Waals surface area (Å²) in [4.78, 5) is 0. The molecule has 1 heterocycles. The maximum atomic E-state index is 2.46. The second-order valence-electron chi connectivity index (χ2n) is 13.1. The van der Waals surface area contributed by atoms with Crippen molar-refractivity contribution in [2.75, 3.05) is 0 Å². The van der Waals surface area contributed by atoms with Gasteiger partial charge < -0.3 is 4.57 Å². The van der Waals surface area contributed by atoms with E-state index in [1.165, 1.54) is 93.2 Å². The smallest absolute Gasteiger partial charge is 0.0541 e. The quantitative estimate of drug-likeness (QED) is 0.172. The van der Waals surface area contributed by atoms with Gasteiger partial charge in [-0.3, -0.25) is 0 Å². The van der Waals surface area contributed by atoms with Crippen LogP contribution in [0.5, 0.6) is 0 Å². The molecule has 49 heavy (non-hydrogen) atoms. The maximum absolute atomic E-state index is 2.46. The van der Waals surface area contributed by atoms with Crippen molar-refractivity contribution in [3.63, 3.8) is 0 Å². The highest BCUT2D eigenvalue weighted by atomic mass is 15.0. The van der Waals surface area contributed by atoms with Crippen LogP contribution in [0.4, 0.5) is 0 Å². The number of allylic oxidation sites excluding steroid dienone is 4. The van der Waals surface area contributed by atoms with Crippen molar-refractivity contribution >= 4 is 59.7 Å². The number of rotatable bonds is 4. The molecule has 0 saturated carbocycles. The Morgan fingerprint density at radius 1 is 0.408 bits per heavy atom. The minimum atomic E-state index is 1.05. The molecule has 0 N–H and O–H groups in total. The van der Waals surface area contributed by atoms with Gasteiger partial charge in [-0.05, 0) is 109 Å². The molecule has 1 aliphatic carbocycles. The Labute approximate surface area is 285 Å². The summed E-state index contributed by atoms with van der Waals surface area (Å²) >= 11 is 0. The number of aromatic nitrogens is 1. The summed E-state index contributed by atoms with van der Waals surface area (Å²) in [6, 6.07) is 58.2. The summed E-state index contributed by atoms with van der Waals surface area (Å²) in [7, 11) is 0. The molecule has 10 rings (SSSR count). The van der Waals surface area contributed by atoms with Gasteiger partial charge in [-0.1, -0.05) is 146 Å². The van der Waals surface area contributed by atoms with Crippen molar-refractivity contribution in [1.29, 1.82) is 0 Å². The molecule has 0 atom stereocenters. The first kappa shape index (κ1) is 27.9. The first-order valence-electron chi connectivity index (χ1n) is 17.3. The molecule has 0 bridgehead atoms. The summed E-state index contributed by atoms with van der Waals surface area (Å²) in [5, 5.41) is 10.3. The van der Waals surface area contributed by atoms with Gasteiger partial charge in [-0.25, -0.2) is 0 Å². The van der Waals surface area contributed by atoms with Gasteiger partial charge in [0.1, 0.15) is 0 Å². The van der Waals surface area contributed by atoms with Crippen LogP contribution in [0.2, 0.25) is 0 Å². The summed E-state index contributed by atoms with van der Waals surface area (Å²) in [5.41, 5.74) is 11.3. The average molecular weight is 624 g/mol. The number of fused-ring (bicyclic) bond motifs is 9. The van der Waals surface area contributed by atoms with Crippen molar-refractivity contribution in [2.45, 2.75) is 12.8 Å². The van der Waals surface area contributed by atoms with E-state index in [0.29, 0.717) is 0 Å². The topological polar surface area (TPSA) is 4.93 Å². The van der Waals surface area contributed by atoms with Crippen molar-refractivity contribution < 1.29 is 0 Å². The highest BCUT2D eigenvalue weighted by Crippen LogP contribution is 2.49. The van der Waals surface area contributed by atoms with Crippen molar-refractivity contribution in [3.05, 3.63) is 182 Å². The van der Waals surface area contributed by atoms with E-state index < -0.39 is 0 Å². The normalized spacial score (nSPS) is 13.2. The summed E-state index contributed by atoms with van der Waals surface area (Å²) in [5.74, 6) is 0. The monoisotopic (exact) mass is 623 g/mol. The Morgan fingerprint density at radius 3 is 1.67 bits per heavy atom. The Hall–Kier alpha value is -6.18. The fraction of sp³-hybridized carbons (Fsp3) is 0.0417. The van der Waals surface area contributed by atoms with Gasteiger partial charge in [0.2, 0.25) is 0 Å². The van der Waals surface area contributed by atoms with Gasteiger partial charge in [0.05, 0.1) is 11.0 Å². The highest BCUT2D eigenvalue weighted by Gasteiger charge is 2.23. The number of para-hydroxylation sites is 2. The van der Waals surface area contributed by atoms with E-state index in [1.807, 2.05) is 0 Å². The molecule has 1 heteroatoms. The summed E-state index contributed by atoms with van der Waals surface area (Å²) in [6.45, 7) is 0. The van der Waals surface area contributed by atoms with E-state index in [-0.39, 0.29) is 0 Å². The lowest BCUT2D eigenvalue weighted by atomic mass is 9.80. The standard InChI is InChI=1S/C48H33N/c1-4-16-32(17-5-1)41-31-42(33-18-6-2-7-19-33)47-39-25-11-10-22-36(39)43-30-35(28-29-40(43)48(47)46(41)34-20-8-3-9-21-34)49-44-26-14-12-23-37(44)38-24-13-15-27-45(38)49/h2-4,6-31H,1,5H2. The van der Waals surface area contributed by atoms with Crippen molar-refractivity contribution in [1.82, 2.24) is 4.57 Å².